The normalized spacial score (nSPS) is 23.3. The van der Waals surface area contributed by atoms with Crippen LogP contribution in [0, 0.1) is 5.92 Å². The van der Waals surface area contributed by atoms with Crippen LogP contribution in [0.2, 0.25) is 0 Å². The molecule has 1 atom stereocenters. The number of nitrogens with zero attached hydrogens (tertiary/aromatic N) is 2. The van der Waals surface area contributed by atoms with Crippen LogP contribution in [0.5, 0.6) is 0 Å². The van der Waals surface area contributed by atoms with Crippen molar-refractivity contribution in [1.29, 1.82) is 0 Å². The first-order valence-electron chi connectivity index (χ1n) is 7.24. The number of aromatic nitrogens is 1. The van der Waals surface area contributed by atoms with Gasteiger partial charge >= 0.3 is 0 Å². The number of carbonyl (C=O) groups excluding carboxylic acids is 2. The zero-order chi connectivity index (χ0) is 13.9. The zero-order valence-electron chi connectivity index (χ0n) is 11.4. The number of hydrogen-bond acceptors (Lipinski definition) is 3. The zero-order valence-corrected chi connectivity index (χ0v) is 11.4. The standard InChI is InChI=1S/C15H19N3O2/c19-14-9-11(10-18(14)13-3-1-2-4-13)15(20)17-12-5-7-16-8-6-12/h5-8,11,13H,1-4,9-10H2,(H,16,17,20). The third-order valence-corrected chi connectivity index (χ3v) is 4.24. The van der Waals surface area contributed by atoms with Crippen molar-refractivity contribution in [2.24, 2.45) is 5.92 Å². The summed E-state index contributed by atoms with van der Waals surface area (Å²) in [7, 11) is 0. The first-order valence-corrected chi connectivity index (χ1v) is 7.24. The topological polar surface area (TPSA) is 62.3 Å². The lowest BCUT2D eigenvalue weighted by Crippen LogP contribution is -2.35. The highest BCUT2D eigenvalue weighted by atomic mass is 16.2. The SMILES string of the molecule is O=C(Nc1ccncc1)C1CC(=O)N(C2CCCC2)C1. The number of pyridine rings is 1. The van der Waals surface area contributed by atoms with Gasteiger partial charge < -0.3 is 10.2 Å². The summed E-state index contributed by atoms with van der Waals surface area (Å²) in [5.41, 5.74) is 0.733. The van der Waals surface area contributed by atoms with E-state index in [1.165, 1.54) is 12.8 Å². The average molecular weight is 273 g/mol. The molecule has 1 unspecified atom stereocenters. The monoisotopic (exact) mass is 273 g/mol. The maximum atomic E-state index is 12.2. The van der Waals surface area contributed by atoms with Gasteiger partial charge in [0.05, 0.1) is 5.92 Å². The molecule has 3 rings (SSSR count). The fraction of sp³-hybridized carbons (Fsp3) is 0.533. The highest BCUT2D eigenvalue weighted by molar-refractivity contribution is 5.97. The summed E-state index contributed by atoms with van der Waals surface area (Å²) in [6.45, 7) is 0.570. The largest absolute Gasteiger partial charge is 0.339 e. The number of carbonyl (C=O) groups is 2. The second-order valence-electron chi connectivity index (χ2n) is 5.61. The second-order valence-corrected chi connectivity index (χ2v) is 5.61. The van der Waals surface area contributed by atoms with Crippen molar-refractivity contribution in [3.05, 3.63) is 24.5 Å². The lowest BCUT2D eigenvalue weighted by molar-refractivity contribution is -0.129. The molecule has 2 aliphatic rings. The Labute approximate surface area is 118 Å². The van der Waals surface area contributed by atoms with Crippen LogP contribution in [-0.4, -0.2) is 34.3 Å². The van der Waals surface area contributed by atoms with E-state index in [9.17, 15) is 9.59 Å². The molecule has 0 aromatic carbocycles. The Morgan fingerprint density at radius 2 is 1.95 bits per heavy atom. The number of hydrogen-bond donors (Lipinski definition) is 1. The number of amides is 2. The summed E-state index contributed by atoms with van der Waals surface area (Å²) >= 11 is 0. The lowest BCUT2D eigenvalue weighted by atomic mass is 10.1. The first-order chi connectivity index (χ1) is 9.74. The minimum absolute atomic E-state index is 0.0648. The molecule has 2 heterocycles. The van der Waals surface area contributed by atoms with E-state index in [2.05, 4.69) is 10.3 Å². The van der Waals surface area contributed by atoms with E-state index in [1.807, 2.05) is 4.90 Å². The molecule has 0 bridgehead atoms. The van der Waals surface area contributed by atoms with Gasteiger partial charge in [-0.15, -0.1) is 0 Å². The van der Waals surface area contributed by atoms with Gasteiger partial charge in [-0.05, 0) is 25.0 Å². The summed E-state index contributed by atoms with van der Waals surface area (Å²) in [5, 5.41) is 2.86. The average Bonchev–Trinajstić information content (AvgIpc) is 3.08. The van der Waals surface area contributed by atoms with Gasteiger partial charge in [0, 0.05) is 37.1 Å². The van der Waals surface area contributed by atoms with Crippen LogP contribution >= 0.6 is 0 Å². The number of rotatable bonds is 3. The van der Waals surface area contributed by atoms with Crippen LogP contribution in [-0.2, 0) is 9.59 Å². The molecule has 2 amide bonds. The van der Waals surface area contributed by atoms with Gasteiger partial charge in [-0.2, -0.15) is 0 Å². The lowest BCUT2D eigenvalue weighted by Gasteiger charge is -2.23. The van der Waals surface area contributed by atoms with Crippen molar-refractivity contribution in [2.45, 2.75) is 38.1 Å². The molecule has 1 aliphatic carbocycles. The molecule has 0 spiro atoms. The van der Waals surface area contributed by atoms with E-state index in [0.717, 1.165) is 18.5 Å². The Morgan fingerprint density at radius 1 is 1.25 bits per heavy atom. The molecular weight excluding hydrogens is 254 g/mol. The van der Waals surface area contributed by atoms with E-state index in [4.69, 9.17) is 0 Å². The molecule has 5 heteroatoms. The molecular formula is C15H19N3O2. The maximum Gasteiger partial charge on any atom is 0.229 e. The summed E-state index contributed by atoms with van der Waals surface area (Å²) < 4.78 is 0. The summed E-state index contributed by atoms with van der Waals surface area (Å²) in [4.78, 5) is 30.1. The molecule has 1 aromatic rings. The van der Waals surface area contributed by atoms with Gasteiger partial charge in [0.1, 0.15) is 0 Å². The third kappa shape index (κ3) is 2.66. The van der Waals surface area contributed by atoms with Crippen molar-refractivity contribution < 1.29 is 9.59 Å². The Kier molecular flexibility index (Phi) is 3.67. The predicted molar refractivity (Wildman–Crippen MR) is 74.9 cm³/mol. The highest BCUT2D eigenvalue weighted by Crippen LogP contribution is 2.29. The van der Waals surface area contributed by atoms with Gasteiger partial charge in [0.25, 0.3) is 0 Å². The Morgan fingerprint density at radius 3 is 2.65 bits per heavy atom. The molecule has 1 aliphatic heterocycles. The van der Waals surface area contributed by atoms with Crippen molar-refractivity contribution >= 4 is 17.5 Å². The Hall–Kier alpha value is -1.91. The molecule has 1 saturated carbocycles. The van der Waals surface area contributed by atoms with Gasteiger partial charge in [0.2, 0.25) is 11.8 Å². The van der Waals surface area contributed by atoms with Crippen molar-refractivity contribution in [3.8, 4) is 0 Å². The van der Waals surface area contributed by atoms with Crippen molar-refractivity contribution in [3.63, 3.8) is 0 Å². The smallest absolute Gasteiger partial charge is 0.229 e. The van der Waals surface area contributed by atoms with E-state index in [0.29, 0.717) is 19.0 Å². The fourth-order valence-corrected chi connectivity index (χ4v) is 3.16. The van der Waals surface area contributed by atoms with E-state index < -0.39 is 0 Å². The molecule has 106 valence electrons. The fourth-order valence-electron chi connectivity index (χ4n) is 3.16. The van der Waals surface area contributed by atoms with Crippen LogP contribution in [0.4, 0.5) is 5.69 Å². The minimum Gasteiger partial charge on any atom is -0.339 e. The van der Waals surface area contributed by atoms with Crippen LogP contribution in [0.25, 0.3) is 0 Å². The number of likely N-dealkylation sites (tertiary alicyclic amines) is 1. The summed E-state index contributed by atoms with van der Waals surface area (Å²) in [6, 6.07) is 3.87. The van der Waals surface area contributed by atoms with E-state index >= 15 is 0 Å². The van der Waals surface area contributed by atoms with E-state index in [-0.39, 0.29) is 17.7 Å². The van der Waals surface area contributed by atoms with Gasteiger partial charge in [-0.25, -0.2) is 0 Å². The molecule has 0 radical (unpaired) electrons. The van der Waals surface area contributed by atoms with E-state index in [1.54, 1.807) is 24.5 Å². The Bertz CT molecular complexity index is 497. The maximum absolute atomic E-state index is 12.2. The van der Waals surface area contributed by atoms with Crippen molar-refractivity contribution in [2.75, 3.05) is 11.9 Å². The van der Waals surface area contributed by atoms with Gasteiger partial charge in [-0.1, -0.05) is 12.8 Å². The van der Waals surface area contributed by atoms with Gasteiger partial charge in [0.15, 0.2) is 0 Å². The summed E-state index contributed by atoms with van der Waals surface area (Å²) in [6.07, 6.45) is 8.19. The van der Waals surface area contributed by atoms with Crippen LogP contribution in [0.3, 0.4) is 0 Å². The predicted octanol–water partition coefficient (Wildman–Crippen LogP) is 1.81. The highest BCUT2D eigenvalue weighted by Gasteiger charge is 2.38. The molecule has 1 saturated heterocycles. The van der Waals surface area contributed by atoms with Crippen LogP contribution in [0.15, 0.2) is 24.5 Å². The molecule has 20 heavy (non-hydrogen) atoms. The number of nitrogens with one attached hydrogen (secondary N) is 1. The van der Waals surface area contributed by atoms with Crippen LogP contribution < -0.4 is 5.32 Å². The molecule has 5 nitrogen and oxygen atoms in total. The third-order valence-electron chi connectivity index (χ3n) is 4.24. The van der Waals surface area contributed by atoms with Crippen LogP contribution in [0.1, 0.15) is 32.1 Å². The molecule has 2 fully saturated rings. The second kappa shape index (κ2) is 5.61. The molecule has 1 N–H and O–H groups in total. The summed E-state index contributed by atoms with van der Waals surface area (Å²) in [5.74, 6) is -0.159. The first kappa shape index (κ1) is 13.1. The molecule has 1 aromatic heterocycles. The quantitative estimate of drug-likeness (QED) is 0.913. The van der Waals surface area contributed by atoms with Crippen molar-refractivity contribution in [1.82, 2.24) is 9.88 Å². The number of anilines is 1. The Balaban J connectivity index is 1.61. The minimum atomic E-state index is -0.226. The van der Waals surface area contributed by atoms with Gasteiger partial charge in [-0.3, -0.25) is 14.6 Å².